The summed E-state index contributed by atoms with van der Waals surface area (Å²) in [5, 5.41) is 0. The van der Waals surface area contributed by atoms with Crippen molar-refractivity contribution in [3.8, 4) is 23.0 Å². The van der Waals surface area contributed by atoms with E-state index in [1.54, 1.807) is 28.4 Å². The highest BCUT2D eigenvalue weighted by atomic mass is 16.5. The summed E-state index contributed by atoms with van der Waals surface area (Å²) in [6.45, 7) is 4.19. The summed E-state index contributed by atoms with van der Waals surface area (Å²) in [7, 11) is 6.56. The van der Waals surface area contributed by atoms with Crippen LogP contribution in [0.5, 0.6) is 23.0 Å². The van der Waals surface area contributed by atoms with Crippen molar-refractivity contribution in [3.63, 3.8) is 0 Å². The maximum absolute atomic E-state index is 5.46. The lowest BCUT2D eigenvalue weighted by Gasteiger charge is -2.14. The van der Waals surface area contributed by atoms with Gasteiger partial charge in [0.2, 0.25) is 0 Å². The van der Waals surface area contributed by atoms with E-state index < -0.39 is 0 Å². The lowest BCUT2D eigenvalue weighted by Crippen LogP contribution is -2.09. The van der Waals surface area contributed by atoms with Crippen molar-refractivity contribution in [2.45, 2.75) is 33.1 Å². The fourth-order valence-electron chi connectivity index (χ4n) is 3.76. The first-order valence-corrected chi connectivity index (χ1v) is 10.3. The Morgan fingerprint density at radius 2 is 1.19 bits per heavy atom. The van der Waals surface area contributed by atoms with Crippen LogP contribution in [0.2, 0.25) is 0 Å². The van der Waals surface area contributed by atoms with Crippen LogP contribution < -0.4 is 18.9 Å². The minimum atomic E-state index is 0.615. The summed E-state index contributed by atoms with van der Waals surface area (Å²) in [6.07, 6.45) is 2.20. The van der Waals surface area contributed by atoms with Gasteiger partial charge in [0.15, 0.2) is 23.0 Å². The van der Waals surface area contributed by atoms with Crippen molar-refractivity contribution in [2.24, 2.45) is 0 Å². The maximum atomic E-state index is 5.46. The Morgan fingerprint density at radius 3 is 1.68 bits per heavy atom. The lowest BCUT2D eigenvalue weighted by molar-refractivity contribution is 0.354. The van der Waals surface area contributed by atoms with E-state index in [9.17, 15) is 0 Å². The normalized spacial score (nSPS) is 10.6. The summed E-state index contributed by atoms with van der Waals surface area (Å²) >= 11 is 0. The molecule has 0 fully saturated rings. The molecule has 0 aliphatic carbocycles. The average molecular weight is 423 g/mol. The highest BCUT2D eigenvalue weighted by Crippen LogP contribution is 2.30. The minimum absolute atomic E-state index is 0.615. The number of hydrogen-bond acceptors (Lipinski definition) is 6. The topological polar surface area (TPSA) is 62.7 Å². The second-order valence-corrected chi connectivity index (χ2v) is 7.24. The quantitative estimate of drug-likeness (QED) is 0.504. The number of nitrogens with zero attached hydrogens (tertiary/aromatic N) is 2. The predicted octanol–water partition coefficient (Wildman–Crippen LogP) is 4.56. The molecule has 0 aliphatic heterocycles. The Hall–Kier alpha value is -3.28. The largest absolute Gasteiger partial charge is 0.493 e. The number of ether oxygens (including phenoxy) is 4. The van der Waals surface area contributed by atoms with Crippen LogP contribution in [0.3, 0.4) is 0 Å². The molecule has 0 saturated carbocycles. The molecule has 164 valence electrons. The van der Waals surface area contributed by atoms with Crippen molar-refractivity contribution >= 4 is 0 Å². The van der Waals surface area contributed by atoms with Crippen molar-refractivity contribution in [3.05, 3.63) is 70.3 Å². The van der Waals surface area contributed by atoms with Gasteiger partial charge in [-0.3, -0.25) is 0 Å². The second kappa shape index (κ2) is 10.2. The predicted molar refractivity (Wildman–Crippen MR) is 121 cm³/mol. The molecule has 0 amide bonds. The summed E-state index contributed by atoms with van der Waals surface area (Å²) in [5.74, 6) is 3.63. The molecule has 0 atom stereocenters. The molecule has 0 radical (unpaired) electrons. The number of rotatable bonds is 9. The van der Waals surface area contributed by atoms with Crippen LogP contribution in [0, 0.1) is 6.92 Å². The molecule has 0 N–H and O–H groups in total. The zero-order chi connectivity index (χ0) is 22.4. The summed E-state index contributed by atoms with van der Waals surface area (Å²) in [6, 6.07) is 11.9. The smallest absolute Gasteiger partial charge is 0.161 e. The highest BCUT2D eigenvalue weighted by molar-refractivity contribution is 5.45. The standard InChI is InChI=1S/C25H30N2O4/c1-7-19-16(2)26-25(15-18-9-11-22(29-4)24(14-18)31-6)27-20(19)12-17-8-10-21(28-3)23(13-17)30-5/h8-11,13-14H,7,12,15H2,1-6H3. The van der Waals surface area contributed by atoms with Crippen molar-refractivity contribution in [2.75, 3.05) is 28.4 Å². The number of benzene rings is 2. The summed E-state index contributed by atoms with van der Waals surface area (Å²) in [4.78, 5) is 9.71. The van der Waals surface area contributed by atoms with Crippen LogP contribution in [0.15, 0.2) is 36.4 Å². The molecule has 0 spiro atoms. The molecule has 1 aromatic heterocycles. The van der Waals surface area contributed by atoms with Gasteiger partial charge in [0.25, 0.3) is 0 Å². The fraction of sp³-hybridized carbons (Fsp3) is 0.360. The van der Waals surface area contributed by atoms with E-state index in [4.69, 9.17) is 28.9 Å². The Labute approximate surface area is 184 Å². The molecule has 6 heteroatoms. The number of hydrogen-bond donors (Lipinski definition) is 0. The Kier molecular flexibility index (Phi) is 7.34. The van der Waals surface area contributed by atoms with Gasteiger partial charge in [-0.2, -0.15) is 0 Å². The second-order valence-electron chi connectivity index (χ2n) is 7.24. The fourth-order valence-corrected chi connectivity index (χ4v) is 3.76. The van der Waals surface area contributed by atoms with Gasteiger partial charge in [0, 0.05) is 18.5 Å². The van der Waals surface area contributed by atoms with Crippen molar-refractivity contribution in [1.82, 2.24) is 9.97 Å². The van der Waals surface area contributed by atoms with Crippen LogP contribution in [0.4, 0.5) is 0 Å². The van der Waals surface area contributed by atoms with E-state index in [0.29, 0.717) is 24.3 Å². The van der Waals surface area contributed by atoms with Gasteiger partial charge >= 0.3 is 0 Å². The lowest BCUT2D eigenvalue weighted by atomic mass is 10.0. The monoisotopic (exact) mass is 422 g/mol. The van der Waals surface area contributed by atoms with Gasteiger partial charge in [0.05, 0.1) is 34.1 Å². The Morgan fingerprint density at radius 1 is 0.677 bits per heavy atom. The first kappa shape index (κ1) is 22.4. The zero-order valence-corrected chi connectivity index (χ0v) is 19.1. The molecular formula is C25H30N2O4. The van der Waals surface area contributed by atoms with Crippen LogP contribution in [0.1, 0.15) is 40.8 Å². The van der Waals surface area contributed by atoms with Gasteiger partial charge < -0.3 is 18.9 Å². The van der Waals surface area contributed by atoms with Crippen molar-refractivity contribution in [1.29, 1.82) is 0 Å². The number of aryl methyl sites for hydroxylation is 1. The van der Waals surface area contributed by atoms with Crippen molar-refractivity contribution < 1.29 is 18.9 Å². The van der Waals surface area contributed by atoms with E-state index in [0.717, 1.165) is 46.3 Å². The van der Waals surface area contributed by atoms with Gasteiger partial charge in [-0.25, -0.2) is 9.97 Å². The van der Waals surface area contributed by atoms with Crippen LogP contribution >= 0.6 is 0 Å². The molecule has 3 aromatic rings. The molecule has 2 aromatic carbocycles. The van der Waals surface area contributed by atoms with Gasteiger partial charge in [-0.15, -0.1) is 0 Å². The Bertz CT molecular complexity index is 1050. The van der Waals surface area contributed by atoms with E-state index in [1.807, 2.05) is 36.4 Å². The van der Waals surface area contributed by atoms with E-state index in [2.05, 4.69) is 13.8 Å². The molecule has 0 unspecified atom stereocenters. The third-order valence-electron chi connectivity index (χ3n) is 5.33. The van der Waals surface area contributed by atoms with Crippen LogP contribution in [-0.2, 0) is 19.3 Å². The summed E-state index contributed by atoms with van der Waals surface area (Å²) < 4.78 is 21.6. The number of methoxy groups -OCH3 is 4. The first-order chi connectivity index (χ1) is 15.0. The SMILES string of the molecule is CCc1c(C)nc(Cc2ccc(OC)c(OC)c2)nc1Cc1ccc(OC)c(OC)c1. The highest BCUT2D eigenvalue weighted by Gasteiger charge is 2.14. The van der Waals surface area contributed by atoms with Gasteiger partial charge in [-0.05, 0) is 54.3 Å². The summed E-state index contributed by atoms with van der Waals surface area (Å²) in [5.41, 5.74) is 5.42. The third-order valence-corrected chi connectivity index (χ3v) is 5.33. The van der Waals surface area contributed by atoms with Crippen LogP contribution in [-0.4, -0.2) is 38.4 Å². The molecule has 3 rings (SSSR count). The molecule has 6 nitrogen and oxygen atoms in total. The molecular weight excluding hydrogens is 392 g/mol. The van der Waals surface area contributed by atoms with Crippen LogP contribution in [0.25, 0.3) is 0 Å². The van der Waals surface area contributed by atoms with Gasteiger partial charge in [-0.1, -0.05) is 19.1 Å². The Balaban J connectivity index is 1.93. The molecule has 0 aliphatic rings. The molecule has 0 bridgehead atoms. The average Bonchev–Trinajstić information content (AvgIpc) is 2.78. The number of aromatic nitrogens is 2. The van der Waals surface area contributed by atoms with E-state index >= 15 is 0 Å². The minimum Gasteiger partial charge on any atom is -0.493 e. The maximum Gasteiger partial charge on any atom is 0.161 e. The molecule has 31 heavy (non-hydrogen) atoms. The van der Waals surface area contributed by atoms with E-state index in [-0.39, 0.29) is 0 Å². The molecule has 0 saturated heterocycles. The third kappa shape index (κ3) is 5.08. The zero-order valence-electron chi connectivity index (χ0n) is 19.1. The van der Waals surface area contributed by atoms with E-state index in [1.165, 1.54) is 5.56 Å². The molecule has 1 heterocycles. The first-order valence-electron chi connectivity index (χ1n) is 10.3. The van der Waals surface area contributed by atoms with Gasteiger partial charge in [0.1, 0.15) is 5.82 Å².